The zero-order valence-corrected chi connectivity index (χ0v) is 12.9. The fourth-order valence-corrected chi connectivity index (χ4v) is 2.77. The van der Waals surface area contributed by atoms with E-state index in [1.165, 1.54) is 30.5 Å². The predicted octanol–water partition coefficient (Wildman–Crippen LogP) is 3.76. The van der Waals surface area contributed by atoms with Gasteiger partial charge in [-0.05, 0) is 30.3 Å². The Morgan fingerprint density at radius 1 is 1.21 bits per heavy atom. The Hall–Kier alpha value is -2.41. The van der Waals surface area contributed by atoms with Gasteiger partial charge in [0, 0.05) is 34.6 Å². The maximum absolute atomic E-state index is 14.1. The molecule has 1 aromatic carbocycles. The average Bonchev–Trinajstić information content (AvgIpc) is 2.66. The number of aromatic nitrogens is 1. The van der Waals surface area contributed by atoms with E-state index >= 15 is 0 Å². The molecule has 1 aliphatic rings. The average molecular weight is 354 g/mol. The molecule has 4 nitrogen and oxygen atoms in total. The summed E-state index contributed by atoms with van der Waals surface area (Å²) in [7, 11) is 0. The second-order valence-electron chi connectivity index (χ2n) is 5.29. The number of nitrogens with one attached hydrogen (secondary N) is 1. The normalized spacial score (nSPS) is 20.2. The third-order valence-corrected chi connectivity index (χ3v) is 3.95. The minimum atomic E-state index is -4.76. The van der Waals surface area contributed by atoms with Crippen molar-refractivity contribution in [3.8, 4) is 0 Å². The van der Waals surface area contributed by atoms with Crippen LogP contribution in [0.4, 0.5) is 18.9 Å². The molecular formula is C16H11ClF3N3O. The van der Waals surface area contributed by atoms with Crippen LogP contribution in [0.5, 0.6) is 0 Å². The van der Waals surface area contributed by atoms with Crippen LogP contribution in [0.25, 0.3) is 0 Å². The summed E-state index contributed by atoms with van der Waals surface area (Å²) in [5.74, 6) is -0.731. The van der Waals surface area contributed by atoms with Gasteiger partial charge in [-0.15, -0.1) is 0 Å². The van der Waals surface area contributed by atoms with E-state index in [1.54, 1.807) is 12.1 Å². The Balaban J connectivity index is 2.26. The number of benzene rings is 1. The lowest BCUT2D eigenvalue weighted by Gasteiger charge is -2.32. The summed E-state index contributed by atoms with van der Waals surface area (Å²) in [6.45, 7) is 0. The first-order chi connectivity index (χ1) is 11.3. The van der Waals surface area contributed by atoms with Crippen molar-refractivity contribution in [3.63, 3.8) is 0 Å². The topological polar surface area (TPSA) is 54.4 Å². The second kappa shape index (κ2) is 5.90. The van der Waals surface area contributed by atoms with Crippen molar-refractivity contribution in [2.75, 3.05) is 5.32 Å². The highest BCUT2D eigenvalue weighted by Gasteiger charge is 2.58. The number of pyridine rings is 1. The standard InChI is InChI=1S/C16H11ClF3N3O/c17-10-4-5-13-12(7-10)15(16(18,19)20,22-9-14(24)23-13)8-11-3-1-2-6-21-11/h1-7,9H,8H2,(H,23,24). The number of nitrogens with zero attached hydrogens (tertiary/aromatic N) is 2. The van der Waals surface area contributed by atoms with Crippen molar-refractivity contribution in [2.24, 2.45) is 4.99 Å². The van der Waals surface area contributed by atoms with Gasteiger partial charge in [0.15, 0.2) is 5.54 Å². The summed E-state index contributed by atoms with van der Waals surface area (Å²) >= 11 is 5.90. The number of hydrogen-bond acceptors (Lipinski definition) is 3. The van der Waals surface area contributed by atoms with Crippen LogP contribution in [0.15, 0.2) is 47.6 Å². The predicted molar refractivity (Wildman–Crippen MR) is 84.2 cm³/mol. The number of carbonyl (C=O) groups excluding carboxylic acids is 1. The smallest absolute Gasteiger partial charge is 0.321 e. The summed E-state index contributed by atoms with van der Waals surface area (Å²) < 4.78 is 42.2. The molecule has 1 atom stereocenters. The molecule has 8 heteroatoms. The molecule has 0 radical (unpaired) electrons. The lowest BCUT2D eigenvalue weighted by molar-refractivity contribution is -0.188. The number of hydrogen-bond donors (Lipinski definition) is 1. The highest BCUT2D eigenvalue weighted by Crippen LogP contribution is 2.48. The van der Waals surface area contributed by atoms with Crippen LogP contribution >= 0.6 is 11.6 Å². The number of amides is 1. The fourth-order valence-electron chi connectivity index (χ4n) is 2.60. The maximum Gasteiger partial charge on any atom is 0.418 e. The van der Waals surface area contributed by atoms with Crippen molar-refractivity contribution < 1.29 is 18.0 Å². The molecule has 1 aromatic heterocycles. The monoisotopic (exact) mass is 353 g/mol. The Labute approximate surface area is 140 Å². The Morgan fingerprint density at radius 3 is 2.67 bits per heavy atom. The summed E-state index contributed by atoms with van der Waals surface area (Å²) in [5, 5.41) is 2.52. The van der Waals surface area contributed by atoms with E-state index in [1.807, 2.05) is 0 Å². The Kier molecular flexibility index (Phi) is 4.04. The van der Waals surface area contributed by atoms with Crippen LogP contribution in [0, 0.1) is 0 Å². The highest BCUT2D eigenvalue weighted by molar-refractivity contribution is 6.33. The summed E-state index contributed by atoms with van der Waals surface area (Å²) in [4.78, 5) is 19.3. The molecule has 0 spiro atoms. The molecule has 0 bridgehead atoms. The van der Waals surface area contributed by atoms with Crippen molar-refractivity contribution in [1.82, 2.24) is 4.98 Å². The minimum absolute atomic E-state index is 0.0233. The first-order valence-electron chi connectivity index (χ1n) is 6.95. The molecule has 0 aliphatic carbocycles. The maximum atomic E-state index is 14.1. The quantitative estimate of drug-likeness (QED) is 0.893. The largest absolute Gasteiger partial charge is 0.418 e. The Bertz CT molecular complexity index is 808. The molecule has 1 N–H and O–H groups in total. The molecule has 124 valence electrons. The van der Waals surface area contributed by atoms with Crippen molar-refractivity contribution >= 4 is 29.4 Å². The molecule has 2 aromatic rings. The molecule has 24 heavy (non-hydrogen) atoms. The zero-order valence-electron chi connectivity index (χ0n) is 12.1. The van der Waals surface area contributed by atoms with Crippen LogP contribution in [0.1, 0.15) is 11.3 Å². The van der Waals surface area contributed by atoms with E-state index in [2.05, 4.69) is 15.3 Å². The molecule has 0 fully saturated rings. The van der Waals surface area contributed by atoms with E-state index in [0.717, 1.165) is 0 Å². The molecule has 2 heterocycles. The minimum Gasteiger partial charge on any atom is -0.321 e. The van der Waals surface area contributed by atoms with Gasteiger partial charge in [0.05, 0.1) is 6.21 Å². The molecule has 3 rings (SSSR count). The van der Waals surface area contributed by atoms with Crippen molar-refractivity contribution in [3.05, 3.63) is 58.9 Å². The van der Waals surface area contributed by atoms with Crippen LogP contribution < -0.4 is 5.32 Å². The summed E-state index contributed by atoms with van der Waals surface area (Å²) in [6, 6.07) is 8.60. The van der Waals surface area contributed by atoms with Crippen LogP contribution in [0.3, 0.4) is 0 Å². The lowest BCUT2D eigenvalue weighted by atomic mass is 9.84. The van der Waals surface area contributed by atoms with Crippen molar-refractivity contribution in [2.45, 2.75) is 18.1 Å². The van der Waals surface area contributed by atoms with E-state index in [4.69, 9.17) is 11.6 Å². The zero-order chi connectivity index (χ0) is 17.4. The van der Waals surface area contributed by atoms with Gasteiger partial charge < -0.3 is 5.32 Å². The van der Waals surface area contributed by atoms with Gasteiger partial charge in [0.25, 0.3) is 5.91 Å². The molecular weight excluding hydrogens is 343 g/mol. The first-order valence-corrected chi connectivity index (χ1v) is 7.32. The van der Waals surface area contributed by atoms with Crippen LogP contribution in [-0.4, -0.2) is 23.3 Å². The molecule has 0 saturated heterocycles. The van der Waals surface area contributed by atoms with E-state index in [0.29, 0.717) is 6.21 Å². The van der Waals surface area contributed by atoms with Gasteiger partial charge in [-0.25, -0.2) is 0 Å². The molecule has 0 saturated carbocycles. The van der Waals surface area contributed by atoms with Gasteiger partial charge >= 0.3 is 6.18 Å². The number of halogens is 4. The molecule has 1 unspecified atom stereocenters. The van der Waals surface area contributed by atoms with Crippen LogP contribution in [0.2, 0.25) is 5.02 Å². The molecule has 1 amide bonds. The van der Waals surface area contributed by atoms with Gasteiger partial charge in [-0.1, -0.05) is 17.7 Å². The van der Waals surface area contributed by atoms with Crippen LogP contribution in [-0.2, 0) is 16.8 Å². The van der Waals surface area contributed by atoms with Gasteiger partial charge in [0.2, 0.25) is 0 Å². The van der Waals surface area contributed by atoms with Crippen molar-refractivity contribution in [1.29, 1.82) is 0 Å². The highest BCUT2D eigenvalue weighted by atomic mass is 35.5. The van der Waals surface area contributed by atoms with Gasteiger partial charge in [0.1, 0.15) is 0 Å². The third kappa shape index (κ3) is 2.87. The second-order valence-corrected chi connectivity index (χ2v) is 5.73. The number of carbonyl (C=O) groups is 1. The lowest BCUT2D eigenvalue weighted by Crippen LogP contribution is -2.43. The number of anilines is 1. The third-order valence-electron chi connectivity index (χ3n) is 3.72. The summed E-state index contributed by atoms with van der Waals surface area (Å²) in [6.07, 6.45) is -3.24. The molecule has 1 aliphatic heterocycles. The van der Waals surface area contributed by atoms with E-state index < -0.39 is 24.0 Å². The Morgan fingerprint density at radius 2 is 2.00 bits per heavy atom. The summed E-state index contributed by atoms with van der Waals surface area (Å²) in [5.41, 5.74) is -2.64. The SMILES string of the molecule is O=C1C=NC(Cc2ccccn2)(C(F)(F)F)c2cc(Cl)ccc2N1. The number of rotatable bonds is 2. The number of aliphatic imine (C=N–C) groups is 1. The number of alkyl halides is 3. The van der Waals surface area contributed by atoms with E-state index in [-0.39, 0.29) is 22.0 Å². The number of fused-ring (bicyclic) bond motifs is 1. The first kappa shape index (κ1) is 16.4. The van der Waals surface area contributed by atoms with E-state index in [9.17, 15) is 18.0 Å². The fraction of sp³-hybridized carbons (Fsp3) is 0.188. The van der Waals surface area contributed by atoms with Gasteiger partial charge in [-0.3, -0.25) is 14.8 Å². The van der Waals surface area contributed by atoms with Gasteiger partial charge in [-0.2, -0.15) is 13.2 Å².